The number of nitrogens with one attached hydrogen (secondary N) is 1. The maximum absolute atomic E-state index is 12.6. The van der Waals surface area contributed by atoms with E-state index in [4.69, 9.17) is 0 Å². The van der Waals surface area contributed by atoms with E-state index in [-0.39, 0.29) is 18.0 Å². The third-order valence-electron chi connectivity index (χ3n) is 4.26. The molecular weight excluding hydrogens is 458 g/mol. The number of imidazole rings is 1. The fourth-order valence-electron chi connectivity index (χ4n) is 2.65. The summed E-state index contributed by atoms with van der Waals surface area (Å²) in [6, 6.07) is 9.90. The van der Waals surface area contributed by atoms with Gasteiger partial charge in [0.05, 0.1) is 11.4 Å². The van der Waals surface area contributed by atoms with Gasteiger partial charge in [-0.25, -0.2) is 18.4 Å². The molecule has 0 aliphatic rings. The molecular formula is C19H20BrN5O3S. The van der Waals surface area contributed by atoms with Crippen LogP contribution in [0.3, 0.4) is 0 Å². The topological polar surface area (TPSA) is 97.2 Å². The number of likely N-dealkylation sites (N-methyl/N-ethyl adjacent to an activating group) is 1. The number of hydrogen-bond acceptors (Lipinski definition) is 5. The number of carbonyl (C=O) groups is 1. The normalized spacial score (nSPS) is 11.6. The highest BCUT2D eigenvalue weighted by Crippen LogP contribution is 2.17. The van der Waals surface area contributed by atoms with E-state index < -0.39 is 15.9 Å². The smallest absolute Gasteiger partial charge is 0.243 e. The molecule has 0 radical (unpaired) electrons. The summed E-state index contributed by atoms with van der Waals surface area (Å²) in [5.74, 6) is 1.10. The van der Waals surface area contributed by atoms with Crippen molar-refractivity contribution < 1.29 is 13.2 Å². The molecule has 0 saturated heterocycles. The molecule has 2 heterocycles. The molecule has 3 aromatic rings. The Hall–Kier alpha value is -2.56. The van der Waals surface area contributed by atoms with Crippen molar-refractivity contribution in [1.29, 1.82) is 0 Å². The molecule has 152 valence electrons. The van der Waals surface area contributed by atoms with E-state index in [9.17, 15) is 13.2 Å². The predicted octanol–water partition coefficient (Wildman–Crippen LogP) is 2.28. The molecule has 0 aliphatic carbocycles. The first-order valence-electron chi connectivity index (χ1n) is 8.71. The second-order valence-corrected chi connectivity index (χ2v) is 9.32. The molecule has 3 rings (SSSR count). The first-order valence-corrected chi connectivity index (χ1v) is 10.9. The average Bonchev–Trinajstić information content (AvgIpc) is 3.13. The van der Waals surface area contributed by atoms with Gasteiger partial charge in [-0.15, -0.1) is 0 Å². The Morgan fingerprint density at radius 1 is 1.17 bits per heavy atom. The van der Waals surface area contributed by atoms with Crippen LogP contribution in [0.2, 0.25) is 0 Å². The van der Waals surface area contributed by atoms with Crippen molar-refractivity contribution in [3.8, 4) is 5.82 Å². The number of amides is 1. The van der Waals surface area contributed by atoms with Crippen LogP contribution < -0.4 is 5.32 Å². The van der Waals surface area contributed by atoms with Crippen molar-refractivity contribution in [2.24, 2.45) is 0 Å². The number of pyridine rings is 1. The van der Waals surface area contributed by atoms with E-state index in [1.165, 1.54) is 19.2 Å². The summed E-state index contributed by atoms with van der Waals surface area (Å²) in [5, 5.41) is 2.74. The second-order valence-electron chi connectivity index (χ2n) is 6.36. The molecule has 0 atom stereocenters. The molecule has 0 unspecified atom stereocenters. The third kappa shape index (κ3) is 5.08. The van der Waals surface area contributed by atoms with Gasteiger partial charge in [-0.1, -0.05) is 15.9 Å². The van der Waals surface area contributed by atoms with Gasteiger partial charge >= 0.3 is 0 Å². The number of rotatable bonds is 7. The zero-order valence-electron chi connectivity index (χ0n) is 15.9. The Labute approximate surface area is 177 Å². The lowest BCUT2D eigenvalue weighted by Crippen LogP contribution is -2.38. The summed E-state index contributed by atoms with van der Waals surface area (Å²) in [5.41, 5.74) is 0.842. The maximum atomic E-state index is 12.6. The van der Waals surface area contributed by atoms with Gasteiger partial charge in [0.2, 0.25) is 15.9 Å². The number of aryl methyl sites for hydroxylation is 1. The summed E-state index contributed by atoms with van der Waals surface area (Å²) in [6.07, 6.45) is 5.15. The molecule has 10 heteroatoms. The van der Waals surface area contributed by atoms with Crippen LogP contribution in [0.5, 0.6) is 0 Å². The Morgan fingerprint density at radius 3 is 2.55 bits per heavy atom. The van der Waals surface area contributed by atoms with E-state index >= 15 is 0 Å². The second kappa shape index (κ2) is 8.85. The molecule has 0 spiro atoms. The van der Waals surface area contributed by atoms with Crippen molar-refractivity contribution in [3.63, 3.8) is 0 Å². The Balaban J connectivity index is 1.61. The first-order chi connectivity index (χ1) is 13.8. The van der Waals surface area contributed by atoms with Crippen LogP contribution in [0.1, 0.15) is 11.4 Å². The highest BCUT2D eigenvalue weighted by atomic mass is 79.9. The van der Waals surface area contributed by atoms with E-state index in [0.29, 0.717) is 5.82 Å². The number of hydrogen-bond donors (Lipinski definition) is 1. The van der Waals surface area contributed by atoms with Crippen molar-refractivity contribution in [1.82, 2.24) is 24.2 Å². The molecule has 0 fully saturated rings. The van der Waals surface area contributed by atoms with Gasteiger partial charge in [-0.3, -0.25) is 9.36 Å². The predicted molar refractivity (Wildman–Crippen MR) is 112 cm³/mol. The highest BCUT2D eigenvalue weighted by molar-refractivity contribution is 9.10. The lowest BCUT2D eigenvalue weighted by atomic mass is 10.2. The fourth-order valence-corrected chi connectivity index (χ4v) is 4.04. The van der Waals surface area contributed by atoms with Crippen LogP contribution in [0.15, 0.2) is 64.4 Å². The number of aromatic nitrogens is 3. The van der Waals surface area contributed by atoms with Crippen LogP contribution in [-0.4, -0.2) is 46.8 Å². The zero-order valence-corrected chi connectivity index (χ0v) is 18.3. The molecule has 0 aliphatic heterocycles. The summed E-state index contributed by atoms with van der Waals surface area (Å²) in [7, 11) is -2.37. The maximum Gasteiger partial charge on any atom is 0.243 e. The molecule has 0 bridgehead atoms. The van der Waals surface area contributed by atoms with Gasteiger partial charge in [0.25, 0.3) is 0 Å². The van der Waals surface area contributed by atoms with Crippen LogP contribution >= 0.6 is 15.9 Å². The number of halogens is 1. The van der Waals surface area contributed by atoms with Crippen molar-refractivity contribution in [2.45, 2.75) is 18.4 Å². The van der Waals surface area contributed by atoms with Crippen LogP contribution in [-0.2, 0) is 21.4 Å². The summed E-state index contributed by atoms with van der Waals surface area (Å²) in [4.78, 5) is 20.9. The van der Waals surface area contributed by atoms with Crippen molar-refractivity contribution in [3.05, 3.63) is 70.8 Å². The standard InChI is InChI=1S/C19H20BrN5O3S/c1-14-21-9-10-25(14)18-11-15(7-8-22-18)12-23-19(26)13-24(2)29(27,28)17-5-3-16(20)4-6-17/h3-11H,12-13H2,1-2H3,(H,23,26). The van der Waals surface area contributed by atoms with Crippen LogP contribution in [0, 0.1) is 6.92 Å². The highest BCUT2D eigenvalue weighted by Gasteiger charge is 2.22. The van der Waals surface area contributed by atoms with Crippen molar-refractivity contribution in [2.75, 3.05) is 13.6 Å². The quantitative estimate of drug-likeness (QED) is 0.562. The Bertz CT molecular complexity index is 1110. The monoisotopic (exact) mass is 477 g/mol. The Morgan fingerprint density at radius 2 is 1.90 bits per heavy atom. The SMILES string of the molecule is Cc1nccn1-c1cc(CNC(=O)CN(C)S(=O)(=O)c2ccc(Br)cc2)ccn1. The van der Waals surface area contributed by atoms with Gasteiger partial charge in [-0.2, -0.15) is 4.31 Å². The summed E-state index contributed by atoms with van der Waals surface area (Å²) >= 11 is 3.27. The lowest BCUT2D eigenvalue weighted by molar-refractivity contribution is -0.121. The molecule has 8 nitrogen and oxygen atoms in total. The van der Waals surface area contributed by atoms with Gasteiger partial charge in [0.1, 0.15) is 11.6 Å². The van der Waals surface area contributed by atoms with Crippen molar-refractivity contribution >= 4 is 31.9 Å². The minimum absolute atomic E-state index is 0.130. The van der Waals surface area contributed by atoms with E-state index in [1.807, 2.05) is 23.8 Å². The van der Waals surface area contributed by atoms with Gasteiger partial charge in [-0.05, 0) is 48.9 Å². The lowest BCUT2D eigenvalue weighted by Gasteiger charge is -2.17. The van der Waals surface area contributed by atoms with Gasteiger partial charge in [0.15, 0.2) is 0 Å². The molecule has 1 amide bonds. The van der Waals surface area contributed by atoms with E-state index in [2.05, 4.69) is 31.2 Å². The number of sulfonamides is 1. The summed E-state index contributed by atoms with van der Waals surface area (Å²) < 4.78 is 28.8. The average molecular weight is 478 g/mol. The Kier molecular flexibility index (Phi) is 6.46. The molecule has 29 heavy (non-hydrogen) atoms. The molecule has 1 N–H and O–H groups in total. The summed E-state index contributed by atoms with van der Waals surface area (Å²) in [6.45, 7) is 1.85. The zero-order chi connectivity index (χ0) is 21.0. The van der Waals surface area contributed by atoms with Gasteiger partial charge in [0, 0.05) is 36.7 Å². The van der Waals surface area contributed by atoms with Gasteiger partial charge < -0.3 is 5.32 Å². The molecule has 2 aromatic heterocycles. The van der Waals surface area contributed by atoms with Crippen LogP contribution in [0.25, 0.3) is 5.82 Å². The largest absolute Gasteiger partial charge is 0.351 e. The number of carbonyl (C=O) groups excluding carboxylic acids is 1. The van der Waals surface area contributed by atoms with E-state index in [0.717, 1.165) is 20.2 Å². The minimum Gasteiger partial charge on any atom is -0.351 e. The minimum atomic E-state index is -3.74. The number of nitrogens with zero attached hydrogens (tertiary/aromatic N) is 4. The molecule has 0 saturated carbocycles. The van der Waals surface area contributed by atoms with E-state index in [1.54, 1.807) is 30.6 Å². The third-order valence-corrected chi connectivity index (χ3v) is 6.61. The van der Waals surface area contributed by atoms with Crippen LogP contribution in [0.4, 0.5) is 0 Å². The first kappa shape index (κ1) is 21.2. The number of benzene rings is 1. The fraction of sp³-hybridized carbons (Fsp3) is 0.211. The molecule has 1 aromatic carbocycles.